The lowest BCUT2D eigenvalue weighted by atomic mass is 10.1. The molecule has 0 aromatic heterocycles. The molecule has 0 aliphatic rings. The lowest BCUT2D eigenvalue weighted by Gasteiger charge is -2.13. The van der Waals surface area contributed by atoms with Gasteiger partial charge in [-0.3, -0.25) is 9.59 Å². The Kier molecular flexibility index (Phi) is 6.73. The third-order valence-corrected chi connectivity index (χ3v) is 3.67. The van der Waals surface area contributed by atoms with Crippen molar-refractivity contribution in [2.45, 2.75) is 13.0 Å². The molecule has 136 valence electrons. The summed E-state index contributed by atoms with van der Waals surface area (Å²) in [5.74, 6) is -0.161. The van der Waals surface area contributed by atoms with Crippen molar-refractivity contribution < 1.29 is 19.1 Å². The molecule has 7 nitrogen and oxygen atoms in total. The van der Waals surface area contributed by atoms with E-state index in [4.69, 9.17) is 9.47 Å². The topological polar surface area (TPSA) is 89.0 Å². The normalized spacial score (nSPS) is 11.7. The molecular weight excluding hydrogens is 334 g/mol. The van der Waals surface area contributed by atoms with Crippen LogP contribution >= 0.6 is 0 Å². The van der Waals surface area contributed by atoms with Gasteiger partial charge >= 0.3 is 11.8 Å². The SMILES string of the molecule is COc1ccc(/C=N/NC(=O)C(=O)NC(C)c2ccc(OC)cc2)cc1. The van der Waals surface area contributed by atoms with E-state index >= 15 is 0 Å². The second-order valence-electron chi connectivity index (χ2n) is 5.44. The van der Waals surface area contributed by atoms with Gasteiger partial charge in [0.1, 0.15) is 11.5 Å². The van der Waals surface area contributed by atoms with E-state index in [1.54, 1.807) is 57.5 Å². The monoisotopic (exact) mass is 355 g/mol. The Morgan fingerprint density at radius 3 is 2.00 bits per heavy atom. The highest BCUT2D eigenvalue weighted by atomic mass is 16.5. The van der Waals surface area contributed by atoms with E-state index in [2.05, 4.69) is 15.8 Å². The largest absolute Gasteiger partial charge is 0.497 e. The maximum atomic E-state index is 11.9. The van der Waals surface area contributed by atoms with E-state index in [-0.39, 0.29) is 6.04 Å². The number of hydrazone groups is 1. The zero-order chi connectivity index (χ0) is 18.9. The number of nitrogens with one attached hydrogen (secondary N) is 2. The van der Waals surface area contributed by atoms with Crippen LogP contribution in [0, 0.1) is 0 Å². The summed E-state index contributed by atoms with van der Waals surface area (Å²) < 4.78 is 10.1. The first-order chi connectivity index (χ1) is 12.5. The zero-order valence-corrected chi connectivity index (χ0v) is 14.9. The van der Waals surface area contributed by atoms with Gasteiger partial charge in [-0.25, -0.2) is 5.43 Å². The first kappa shape index (κ1) is 19.0. The number of ether oxygens (including phenoxy) is 2. The molecule has 26 heavy (non-hydrogen) atoms. The average Bonchev–Trinajstić information content (AvgIpc) is 2.68. The van der Waals surface area contributed by atoms with E-state index < -0.39 is 11.8 Å². The summed E-state index contributed by atoms with van der Waals surface area (Å²) in [7, 11) is 3.16. The van der Waals surface area contributed by atoms with Crippen LogP contribution in [0.25, 0.3) is 0 Å². The number of benzene rings is 2. The summed E-state index contributed by atoms with van der Waals surface area (Å²) in [5.41, 5.74) is 3.82. The Balaban J connectivity index is 1.85. The van der Waals surface area contributed by atoms with Crippen LogP contribution in [-0.2, 0) is 9.59 Å². The van der Waals surface area contributed by atoms with Crippen molar-refractivity contribution in [3.8, 4) is 11.5 Å². The standard InChI is InChI=1S/C19H21N3O4/c1-13(15-6-10-17(26-3)11-7-15)21-18(23)19(24)22-20-12-14-4-8-16(25-2)9-5-14/h4-13H,1-3H3,(H,21,23)(H,22,24)/b20-12+. The highest BCUT2D eigenvalue weighted by Crippen LogP contribution is 2.17. The summed E-state index contributed by atoms with van der Waals surface area (Å²) in [6.07, 6.45) is 1.44. The highest BCUT2D eigenvalue weighted by Gasteiger charge is 2.16. The molecule has 1 atom stereocenters. The molecule has 1 unspecified atom stereocenters. The number of rotatable bonds is 6. The van der Waals surface area contributed by atoms with Crippen LogP contribution in [0.4, 0.5) is 0 Å². The Hall–Kier alpha value is -3.35. The van der Waals surface area contributed by atoms with Crippen molar-refractivity contribution in [3.05, 3.63) is 59.7 Å². The summed E-state index contributed by atoms with van der Waals surface area (Å²) in [4.78, 5) is 23.8. The van der Waals surface area contributed by atoms with Gasteiger partial charge in [-0.1, -0.05) is 12.1 Å². The van der Waals surface area contributed by atoms with Gasteiger partial charge in [0.15, 0.2) is 0 Å². The predicted molar refractivity (Wildman–Crippen MR) is 98.3 cm³/mol. The quantitative estimate of drug-likeness (QED) is 0.471. The molecule has 0 heterocycles. The molecule has 0 saturated heterocycles. The lowest BCUT2D eigenvalue weighted by molar-refractivity contribution is -0.139. The molecule has 0 bridgehead atoms. The first-order valence-electron chi connectivity index (χ1n) is 7.95. The molecule has 0 radical (unpaired) electrons. The van der Waals surface area contributed by atoms with Crippen molar-refractivity contribution in [2.24, 2.45) is 5.10 Å². The Bertz CT molecular complexity index is 770. The molecule has 0 aliphatic heterocycles. The molecule has 2 aromatic rings. The minimum atomic E-state index is -0.838. The number of hydrogen-bond donors (Lipinski definition) is 2. The highest BCUT2D eigenvalue weighted by molar-refractivity contribution is 6.35. The van der Waals surface area contributed by atoms with E-state index in [1.165, 1.54) is 6.21 Å². The first-order valence-corrected chi connectivity index (χ1v) is 7.95. The number of amides is 2. The molecule has 0 fully saturated rings. The molecule has 2 aromatic carbocycles. The molecule has 7 heteroatoms. The van der Waals surface area contributed by atoms with Gasteiger partial charge in [-0.05, 0) is 54.4 Å². The molecule has 0 saturated carbocycles. The summed E-state index contributed by atoms with van der Waals surface area (Å²) in [5, 5.41) is 6.39. The van der Waals surface area contributed by atoms with Crippen molar-refractivity contribution in [1.82, 2.24) is 10.7 Å². The molecule has 2 amide bonds. The second-order valence-corrected chi connectivity index (χ2v) is 5.44. The minimum Gasteiger partial charge on any atom is -0.497 e. The van der Waals surface area contributed by atoms with Crippen molar-refractivity contribution in [1.29, 1.82) is 0 Å². The number of hydrogen-bond acceptors (Lipinski definition) is 5. The van der Waals surface area contributed by atoms with Gasteiger partial charge < -0.3 is 14.8 Å². The average molecular weight is 355 g/mol. The van der Waals surface area contributed by atoms with Crippen LogP contribution < -0.4 is 20.2 Å². The van der Waals surface area contributed by atoms with Gasteiger partial charge in [0, 0.05) is 0 Å². The van der Waals surface area contributed by atoms with Gasteiger partial charge in [-0.15, -0.1) is 0 Å². The van der Waals surface area contributed by atoms with Gasteiger partial charge in [-0.2, -0.15) is 5.10 Å². The molecule has 2 rings (SSSR count). The predicted octanol–water partition coefficient (Wildman–Crippen LogP) is 2.03. The molecular formula is C19H21N3O4. The van der Waals surface area contributed by atoms with Crippen LogP contribution in [0.1, 0.15) is 24.1 Å². The van der Waals surface area contributed by atoms with Crippen molar-refractivity contribution >= 4 is 18.0 Å². The Labute approximate surface area is 152 Å². The van der Waals surface area contributed by atoms with E-state index in [9.17, 15) is 9.59 Å². The third kappa shape index (κ3) is 5.34. The molecule has 0 aliphatic carbocycles. The van der Waals surface area contributed by atoms with Gasteiger partial charge in [0.2, 0.25) is 0 Å². The fourth-order valence-corrected chi connectivity index (χ4v) is 2.14. The van der Waals surface area contributed by atoms with E-state index in [1.807, 2.05) is 12.1 Å². The van der Waals surface area contributed by atoms with Crippen LogP contribution in [-0.4, -0.2) is 32.2 Å². The zero-order valence-electron chi connectivity index (χ0n) is 14.9. The fraction of sp³-hybridized carbons (Fsp3) is 0.211. The Morgan fingerprint density at radius 1 is 0.923 bits per heavy atom. The summed E-state index contributed by atoms with van der Waals surface area (Å²) in [6.45, 7) is 1.79. The van der Waals surface area contributed by atoms with E-state index in [0.717, 1.165) is 22.6 Å². The van der Waals surface area contributed by atoms with Crippen LogP contribution in [0.5, 0.6) is 11.5 Å². The Morgan fingerprint density at radius 2 is 1.46 bits per heavy atom. The maximum Gasteiger partial charge on any atom is 0.329 e. The van der Waals surface area contributed by atoms with Crippen molar-refractivity contribution in [3.63, 3.8) is 0 Å². The van der Waals surface area contributed by atoms with Crippen molar-refractivity contribution in [2.75, 3.05) is 14.2 Å². The van der Waals surface area contributed by atoms with Crippen LogP contribution in [0.3, 0.4) is 0 Å². The number of nitrogens with zero attached hydrogens (tertiary/aromatic N) is 1. The minimum absolute atomic E-state index is 0.329. The third-order valence-electron chi connectivity index (χ3n) is 3.67. The molecule has 0 spiro atoms. The van der Waals surface area contributed by atoms with E-state index in [0.29, 0.717) is 0 Å². The van der Waals surface area contributed by atoms with Crippen LogP contribution in [0.15, 0.2) is 53.6 Å². The maximum absolute atomic E-state index is 11.9. The summed E-state index contributed by atoms with van der Waals surface area (Å²) >= 11 is 0. The fourth-order valence-electron chi connectivity index (χ4n) is 2.14. The summed E-state index contributed by atoms with van der Waals surface area (Å²) in [6, 6.07) is 14.0. The van der Waals surface area contributed by atoms with Crippen LogP contribution in [0.2, 0.25) is 0 Å². The molecule has 2 N–H and O–H groups in total. The second kappa shape index (κ2) is 9.22. The lowest BCUT2D eigenvalue weighted by Crippen LogP contribution is -2.39. The van der Waals surface area contributed by atoms with Gasteiger partial charge in [0.25, 0.3) is 0 Å². The number of methoxy groups -OCH3 is 2. The smallest absolute Gasteiger partial charge is 0.329 e. The van der Waals surface area contributed by atoms with Gasteiger partial charge in [0.05, 0.1) is 26.5 Å². The number of carbonyl (C=O) groups is 2. The number of carbonyl (C=O) groups excluding carboxylic acids is 2.